The van der Waals surface area contributed by atoms with Crippen LogP contribution in [0.25, 0.3) is 42.5 Å². The van der Waals surface area contributed by atoms with Crippen molar-refractivity contribution in [1.82, 2.24) is 0 Å². The van der Waals surface area contributed by atoms with Crippen LogP contribution < -0.4 is 0 Å². The van der Waals surface area contributed by atoms with E-state index in [1.54, 1.807) is 0 Å². The molecule has 20 heteroatoms. The van der Waals surface area contributed by atoms with Crippen molar-refractivity contribution in [3.8, 4) is 36.4 Å². The SMILES string of the molecule is C1=CC[N-]C(C2CCCC[N-]2)=C1.C1CCC(C2CCCC[N-]2)[N-]C1.C1CCC(C2CCCC[N-]2)[N-]C1.C1CCC(C2CCCC[N-]2)[N-]C1.N#CC(C#N)C#N.N#CC(C#N)C#N.[OH3+].[OH3+].[OH3+].[OH3+].[Pb].[Pb]. The van der Waals surface area contributed by atoms with Gasteiger partial charge in [-0.25, -0.2) is 0 Å². The van der Waals surface area contributed by atoms with Crippen LogP contribution in [0, 0.1) is 79.8 Å². The van der Waals surface area contributed by atoms with Gasteiger partial charge in [0.1, 0.15) is 0 Å². The zero-order chi connectivity index (χ0) is 44.3. The van der Waals surface area contributed by atoms with Crippen molar-refractivity contribution in [2.24, 2.45) is 11.8 Å². The van der Waals surface area contributed by atoms with Crippen molar-refractivity contribution in [2.45, 2.75) is 177 Å². The minimum Gasteiger partial charge on any atom is -0.686 e. The van der Waals surface area contributed by atoms with E-state index in [-0.39, 0.29) is 76.5 Å². The van der Waals surface area contributed by atoms with Crippen LogP contribution in [-0.2, 0) is 21.9 Å². The summed E-state index contributed by atoms with van der Waals surface area (Å²) in [7, 11) is 0. The van der Waals surface area contributed by atoms with E-state index in [4.69, 9.17) is 31.6 Å². The Morgan fingerprint density at radius 1 is 0.368 bits per heavy atom. The second kappa shape index (κ2) is 48.3. The minimum absolute atomic E-state index is 0. The van der Waals surface area contributed by atoms with E-state index >= 15 is 0 Å². The van der Waals surface area contributed by atoms with Gasteiger partial charge in [-0.05, 0) is 0 Å². The van der Waals surface area contributed by atoms with Crippen molar-refractivity contribution in [2.75, 3.05) is 52.4 Å². The molecule has 7 atom stereocenters. The Morgan fingerprint density at radius 2 is 0.618 bits per heavy atom. The Kier molecular flexibility index (Phi) is 51.2. The van der Waals surface area contributed by atoms with E-state index in [1.165, 1.54) is 177 Å². The Hall–Kier alpha value is -2.38. The van der Waals surface area contributed by atoms with E-state index in [0.717, 1.165) is 52.4 Å². The van der Waals surface area contributed by atoms with Gasteiger partial charge in [-0.1, -0.05) is 147 Å². The molecule has 8 heterocycles. The van der Waals surface area contributed by atoms with E-state index in [1.807, 2.05) is 0 Å². The van der Waals surface area contributed by atoms with Crippen LogP contribution >= 0.6 is 0 Å². The summed E-state index contributed by atoms with van der Waals surface area (Å²) in [5, 5.41) is 83.9. The van der Waals surface area contributed by atoms with E-state index in [9.17, 15) is 0 Å². The standard InChI is InChI=1S/3C10H18N2.C10H14N2.2C4HN3.4H2O.2Pb/c4*1-3-7-11-9(5-1)10-6-2-4-8-12-10;2*5-1-4(2-6)3-7;;;;;;/h3*9-10H,1-8H2;1,3,5,10H,2,4,6-8H2;2*4H;4*1H2;;/q4*-2;;;;;;;;/p+4. The Labute approximate surface area is 449 Å². The zero-order valence-corrected chi connectivity index (χ0v) is 48.3. The van der Waals surface area contributed by atoms with Gasteiger partial charge in [-0.15, -0.1) is 64.5 Å². The third kappa shape index (κ3) is 31.1. The van der Waals surface area contributed by atoms with Crippen LogP contribution in [0.4, 0.5) is 0 Å². The van der Waals surface area contributed by atoms with Gasteiger partial charge in [0, 0.05) is 54.6 Å². The molecule has 7 fully saturated rings. The van der Waals surface area contributed by atoms with Crippen LogP contribution in [0.2, 0.25) is 0 Å². The summed E-state index contributed by atoms with van der Waals surface area (Å²) in [5.74, 6) is -2.19. The average Bonchev–Trinajstić information content (AvgIpc) is 3.38. The van der Waals surface area contributed by atoms with Crippen LogP contribution in [0.5, 0.6) is 0 Å². The third-order valence-electron chi connectivity index (χ3n) is 12.1. The van der Waals surface area contributed by atoms with Gasteiger partial charge in [-0.2, -0.15) is 73.5 Å². The molecule has 380 valence electrons. The molecule has 7 unspecified atom stereocenters. The second-order valence-electron chi connectivity index (χ2n) is 16.7. The molecule has 18 nitrogen and oxygen atoms in total. The predicted octanol–water partition coefficient (Wildman–Crippen LogP) is 7.15. The van der Waals surface area contributed by atoms with E-state index in [0.29, 0.717) is 42.3 Å². The molecule has 0 aromatic carbocycles. The molecule has 12 N–H and O–H groups in total. The van der Waals surface area contributed by atoms with Gasteiger partial charge in [0.15, 0.2) is 0 Å². The molecule has 0 saturated carbocycles. The van der Waals surface area contributed by atoms with Crippen molar-refractivity contribution < 1.29 is 21.9 Å². The quantitative estimate of drug-likeness (QED) is 0.207. The van der Waals surface area contributed by atoms with Crippen LogP contribution in [0.3, 0.4) is 0 Å². The zero-order valence-electron chi connectivity index (χ0n) is 40.5. The largest absolute Gasteiger partial charge is 0.686 e. The number of nitrogens with zero attached hydrogens (tertiary/aromatic N) is 14. The van der Waals surface area contributed by atoms with Gasteiger partial charge in [-0.3, -0.25) is 0 Å². The van der Waals surface area contributed by atoms with E-state index < -0.39 is 11.8 Å². The molecule has 68 heavy (non-hydrogen) atoms. The summed E-state index contributed by atoms with van der Waals surface area (Å²) in [4.78, 5) is 0. The summed E-state index contributed by atoms with van der Waals surface area (Å²) in [6, 6.07) is 12.9. The van der Waals surface area contributed by atoms with Crippen LogP contribution in [0.1, 0.15) is 135 Å². The first-order valence-corrected chi connectivity index (χ1v) is 23.6. The van der Waals surface area contributed by atoms with Crippen molar-refractivity contribution in [3.63, 3.8) is 0 Å². The molecular weight excluding hydrogens is 1250 g/mol. The molecule has 0 spiro atoms. The monoisotopic (exact) mass is 1330 g/mol. The fourth-order valence-corrected chi connectivity index (χ4v) is 8.62. The van der Waals surface area contributed by atoms with Gasteiger partial charge >= 0.3 is 0 Å². The van der Waals surface area contributed by atoms with Crippen LogP contribution in [0.15, 0.2) is 23.9 Å². The fourth-order valence-electron chi connectivity index (χ4n) is 8.62. The molecule has 8 radical (unpaired) electrons. The molecule has 8 rings (SSSR count). The number of piperidine rings is 7. The Bertz CT molecular complexity index is 1280. The number of hydrogen-bond acceptors (Lipinski definition) is 6. The number of hydrogen-bond donors (Lipinski definition) is 0. The second-order valence-corrected chi connectivity index (χ2v) is 16.7. The molecule has 0 amide bonds. The summed E-state index contributed by atoms with van der Waals surface area (Å²) < 4.78 is 0. The number of nitriles is 6. The first-order valence-electron chi connectivity index (χ1n) is 23.6. The molecule has 7 saturated heterocycles. The summed E-state index contributed by atoms with van der Waals surface area (Å²) in [6.45, 7) is 8.44. The van der Waals surface area contributed by atoms with Gasteiger partial charge in [0.05, 0.1) is 36.4 Å². The van der Waals surface area contributed by atoms with Crippen LogP contribution in [-0.4, -0.2) is 149 Å². The number of rotatable bonds is 4. The first kappa shape index (κ1) is 72.2. The number of allylic oxidation sites excluding steroid dienone is 2. The molecule has 0 bridgehead atoms. The van der Waals surface area contributed by atoms with Crippen molar-refractivity contribution in [3.05, 3.63) is 66.5 Å². The maximum Gasteiger partial charge on any atom is 0.218 e. The molecule has 0 aliphatic carbocycles. The molecule has 8 aliphatic heterocycles. The average molecular weight is 1330 g/mol. The minimum atomic E-state index is -1.10. The van der Waals surface area contributed by atoms with Gasteiger partial charge < -0.3 is 64.4 Å². The maximum absolute atomic E-state index is 7.83. The topological polar surface area (TPSA) is 388 Å². The summed E-state index contributed by atoms with van der Waals surface area (Å²) in [5.41, 5.74) is 1.19. The Morgan fingerprint density at radius 3 is 0.779 bits per heavy atom. The maximum atomic E-state index is 7.83. The molecule has 0 aromatic heterocycles. The summed E-state index contributed by atoms with van der Waals surface area (Å²) in [6.07, 6.45) is 33.9. The van der Waals surface area contributed by atoms with E-state index in [2.05, 4.69) is 60.8 Å². The molecule has 8 aliphatic rings. The first-order chi connectivity index (χ1) is 30.6. The molecule has 0 aromatic rings. The van der Waals surface area contributed by atoms with Crippen molar-refractivity contribution >= 4 is 54.6 Å². The van der Waals surface area contributed by atoms with Gasteiger partial charge in [0.25, 0.3) is 0 Å². The smallest absolute Gasteiger partial charge is 0.218 e. The van der Waals surface area contributed by atoms with Gasteiger partial charge in [0.2, 0.25) is 11.8 Å². The van der Waals surface area contributed by atoms with Crippen molar-refractivity contribution in [1.29, 1.82) is 31.6 Å². The fraction of sp³-hybridized carbons (Fsp3) is 0.792. The normalized spacial score (nSPS) is 26.5. The molecular formula is C48H82N14O4Pb2-4. The predicted molar refractivity (Wildman–Crippen MR) is 278 cm³/mol. The third-order valence-corrected chi connectivity index (χ3v) is 12.1. The summed E-state index contributed by atoms with van der Waals surface area (Å²) >= 11 is 0. The Balaban J connectivity index is -0.000000360.